The smallest absolute Gasteiger partial charge is 0.413 e. The van der Waals surface area contributed by atoms with E-state index in [1.54, 1.807) is 135 Å². The molecule has 1 spiro atoms. The number of hydrogen-bond donors (Lipinski definition) is 10. The quantitative estimate of drug-likeness (QED) is 0.00942. The Hall–Kier alpha value is -8.67. The molecule has 21 heteroatoms. The molecular weight excluding hydrogens is 1080 g/mol. The predicted molar refractivity (Wildman–Crippen MR) is 317 cm³/mol. The number of ether oxygens (including phenoxy) is 5. The van der Waals surface area contributed by atoms with E-state index in [0.717, 1.165) is 36.6 Å². The van der Waals surface area contributed by atoms with Crippen LogP contribution in [0.2, 0.25) is 0 Å². The summed E-state index contributed by atoms with van der Waals surface area (Å²) in [6, 6.07) is 39.3. The van der Waals surface area contributed by atoms with Crippen LogP contribution in [0.15, 0.2) is 155 Å². The van der Waals surface area contributed by atoms with Gasteiger partial charge in [-0.1, -0.05) is 86.8 Å². The maximum atomic E-state index is 13.8. The maximum Gasteiger partial charge on any atom is 0.413 e. The predicted octanol–water partition coefficient (Wildman–Crippen LogP) is 8.63. The van der Waals surface area contributed by atoms with Crippen LogP contribution in [0, 0.1) is 6.92 Å². The number of aryl methyl sites for hydroxylation is 1. The monoisotopic (exact) mass is 1150 g/mol. The third-order valence-corrected chi connectivity index (χ3v) is 13.8. The van der Waals surface area contributed by atoms with Crippen LogP contribution in [0.5, 0.6) is 28.7 Å². The number of nitrogens with two attached hydrogens (primary N) is 2. The molecule has 84 heavy (non-hydrogen) atoms. The van der Waals surface area contributed by atoms with Gasteiger partial charge in [0.2, 0.25) is 5.91 Å². The summed E-state index contributed by atoms with van der Waals surface area (Å²) < 4.78 is 34.3. The molecule has 3 heterocycles. The first-order valence-electron chi connectivity index (χ1n) is 28.0. The number of amides is 3. The van der Waals surface area contributed by atoms with E-state index in [1.165, 1.54) is 6.07 Å². The number of anilines is 2. The molecule has 0 fully saturated rings. The molecule has 7 aromatic rings. The van der Waals surface area contributed by atoms with Gasteiger partial charge in [-0.25, -0.2) is 14.4 Å². The van der Waals surface area contributed by atoms with E-state index < -0.39 is 53.9 Å². The Morgan fingerprint density at radius 3 is 1.93 bits per heavy atom. The fraction of sp³-hybridized carbons (Fsp3) is 0.317. The number of nitrogens with one attached hydrogen (secondary N) is 6. The normalized spacial score (nSPS) is 16.4. The number of carbonyl (C=O) groups excluding carboxylic acids is 4. The van der Waals surface area contributed by atoms with Crippen molar-refractivity contribution in [3.8, 4) is 28.7 Å². The van der Waals surface area contributed by atoms with Crippen molar-refractivity contribution in [3.63, 3.8) is 0 Å². The van der Waals surface area contributed by atoms with Crippen molar-refractivity contribution >= 4 is 46.4 Å². The zero-order chi connectivity index (χ0) is 59.8. The highest BCUT2D eigenvalue weighted by Gasteiger charge is 2.52. The number of fused-ring (bicyclic) bond motifs is 7. The van der Waals surface area contributed by atoms with Crippen LogP contribution < -0.4 is 67.9 Å². The Labute approximate surface area is 486 Å². The standard InChI is InChI=1S/C46H52N8O9.C17H20O4/c1-27(47)49-23-21-37(53-44(58)60-31-11-5-3-6-12-31)41(55)51-29-17-19-35-39(25-29)62-40-26-30(18-20-36(40)46(35)34-16-10-9-15-33(34)43(57)63-46)52-42(56)38(22-24-50-28(2)48)54-45(59)61-32-13-7-4-8-14-32;1-3-4-5-6-7-16(18)20-13-8-9-14-12(2)10-17(19)21-15(14)11-13/h3-20,25-28,37-38,41,43,49-51,55,57H,21-24,47-48H2,1-2H3,(H,52,56)(H,53,58)(H,54,59);8-11H,3-7H2,1-2H3/t27-,28-,37?,38?,41+,43-,46?;/m1./s1. The first-order valence-corrected chi connectivity index (χ1v) is 28.0. The summed E-state index contributed by atoms with van der Waals surface area (Å²) in [5.74, 6) is 0.915. The Balaban J connectivity index is 0.000000368. The summed E-state index contributed by atoms with van der Waals surface area (Å²) in [6.45, 7) is 8.21. The fourth-order valence-electron chi connectivity index (χ4n) is 9.76. The molecule has 0 radical (unpaired) electrons. The van der Waals surface area contributed by atoms with Gasteiger partial charge in [-0.15, -0.1) is 0 Å². The number of aliphatic hydroxyl groups is 2. The van der Waals surface area contributed by atoms with Gasteiger partial charge in [0.1, 0.15) is 46.6 Å². The minimum atomic E-state index is -1.34. The van der Waals surface area contributed by atoms with Gasteiger partial charge in [0, 0.05) is 69.7 Å². The molecule has 6 aromatic carbocycles. The second-order valence-electron chi connectivity index (χ2n) is 20.4. The molecule has 9 rings (SSSR count). The molecular formula is C63H72N8O13. The van der Waals surface area contributed by atoms with Crippen molar-refractivity contribution in [1.82, 2.24) is 21.3 Å². The second kappa shape index (κ2) is 29.0. The third-order valence-electron chi connectivity index (χ3n) is 13.8. The van der Waals surface area contributed by atoms with E-state index in [1.807, 2.05) is 25.1 Å². The number of carbonyl (C=O) groups is 4. The molecule has 442 valence electrons. The van der Waals surface area contributed by atoms with Gasteiger partial charge in [-0.2, -0.15) is 0 Å². The molecule has 0 bridgehead atoms. The fourth-order valence-corrected chi connectivity index (χ4v) is 9.76. The highest BCUT2D eigenvalue weighted by Crippen LogP contribution is 2.59. The molecule has 3 unspecified atom stereocenters. The van der Waals surface area contributed by atoms with Gasteiger partial charge in [0.25, 0.3) is 0 Å². The van der Waals surface area contributed by atoms with Crippen molar-refractivity contribution in [2.24, 2.45) is 11.5 Å². The van der Waals surface area contributed by atoms with Gasteiger partial charge in [-0.05, 0) is 119 Å². The van der Waals surface area contributed by atoms with Crippen LogP contribution in [-0.4, -0.2) is 78.0 Å². The third kappa shape index (κ3) is 16.1. The van der Waals surface area contributed by atoms with E-state index in [-0.39, 0.29) is 31.1 Å². The van der Waals surface area contributed by atoms with Crippen molar-refractivity contribution in [2.45, 2.75) is 115 Å². The maximum absolute atomic E-state index is 13.8. The molecule has 3 amide bonds. The Bertz CT molecular complexity index is 3440. The number of esters is 1. The highest BCUT2D eigenvalue weighted by molar-refractivity contribution is 5.97. The van der Waals surface area contributed by atoms with Crippen LogP contribution in [0.1, 0.15) is 99.8 Å². The van der Waals surface area contributed by atoms with Gasteiger partial charge < -0.3 is 81.7 Å². The summed E-state index contributed by atoms with van der Waals surface area (Å²) in [7, 11) is 0. The lowest BCUT2D eigenvalue weighted by Gasteiger charge is -2.38. The van der Waals surface area contributed by atoms with Crippen LogP contribution in [-0.2, 0) is 19.9 Å². The molecule has 0 saturated carbocycles. The van der Waals surface area contributed by atoms with E-state index in [9.17, 15) is 34.2 Å². The summed E-state index contributed by atoms with van der Waals surface area (Å²) in [5, 5.41) is 41.2. The van der Waals surface area contributed by atoms with Gasteiger partial charge in [0.15, 0.2) is 11.9 Å². The average Bonchev–Trinajstić information content (AvgIpc) is 1.64. The lowest BCUT2D eigenvalue weighted by molar-refractivity contribution is -0.142. The number of unbranched alkanes of at least 4 members (excludes halogenated alkanes) is 3. The van der Waals surface area contributed by atoms with Crippen molar-refractivity contribution in [2.75, 3.05) is 23.7 Å². The average molecular weight is 1150 g/mol. The Morgan fingerprint density at radius 2 is 1.27 bits per heavy atom. The first kappa shape index (κ1) is 61.4. The van der Waals surface area contributed by atoms with E-state index in [4.69, 9.17) is 39.6 Å². The van der Waals surface area contributed by atoms with E-state index in [0.29, 0.717) is 87.5 Å². The molecule has 0 saturated heterocycles. The van der Waals surface area contributed by atoms with Crippen LogP contribution in [0.25, 0.3) is 11.0 Å². The molecule has 2 aliphatic heterocycles. The van der Waals surface area contributed by atoms with Crippen molar-refractivity contribution < 1.29 is 57.5 Å². The van der Waals surface area contributed by atoms with Gasteiger partial charge >= 0.3 is 23.8 Å². The summed E-state index contributed by atoms with van der Waals surface area (Å²) in [6.07, 6.45) is 0.210. The van der Waals surface area contributed by atoms with Crippen LogP contribution in [0.4, 0.5) is 21.0 Å². The molecule has 1 aromatic heterocycles. The number of para-hydroxylation sites is 2. The molecule has 12 N–H and O–H groups in total. The van der Waals surface area contributed by atoms with Gasteiger partial charge in [-0.3, -0.25) is 9.59 Å². The molecule has 7 atom stereocenters. The molecule has 21 nitrogen and oxygen atoms in total. The number of benzene rings is 6. The van der Waals surface area contributed by atoms with Gasteiger partial charge in [0.05, 0.1) is 18.4 Å². The number of rotatable bonds is 23. The second-order valence-corrected chi connectivity index (χ2v) is 20.4. The first-order chi connectivity index (χ1) is 40.5. The van der Waals surface area contributed by atoms with Crippen LogP contribution >= 0.6 is 0 Å². The minimum absolute atomic E-state index is 0.187. The topological polar surface area (TPSA) is 309 Å². The number of aliphatic hydroxyl groups excluding tert-OH is 2. The Morgan fingerprint density at radius 1 is 0.667 bits per heavy atom. The van der Waals surface area contributed by atoms with Crippen molar-refractivity contribution in [3.05, 3.63) is 184 Å². The zero-order valence-corrected chi connectivity index (χ0v) is 47.2. The van der Waals surface area contributed by atoms with Crippen molar-refractivity contribution in [1.29, 1.82) is 0 Å². The minimum Gasteiger partial charge on any atom is -0.456 e. The van der Waals surface area contributed by atoms with Crippen LogP contribution in [0.3, 0.4) is 0 Å². The lowest BCUT2D eigenvalue weighted by Crippen LogP contribution is -2.49. The molecule has 2 aliphatic rings. The lowest BCUT2D eigenvalue weighted by atomic mass is 9.77. The summed E-state index contributed by atoms with van der Waals surface area (Å²) >= 11 is 0. The van der Waals surface area contributed by atoms with E-state index in [2.05, 4.69) is 38.8 Å². The number of hydrogen-bond acceptors (Lipinski definition) is 18. The largest absolute Gasteiger partial charge is 0.456 e. The Kier molecular flexibility index (Phi) is 21.2. The SMILES string of the molecule is CCCCCCC(=O)Oc1ccc2c(C)cc(=O)oc2c1.C[C@H](N)NCCC(NC(=O)Oc1ccccc1)C(=O)Nc1ccc2c(c1)Oc1cc(N[C@@H](O)C(CCN[C@H](C)N)NC(=O)Oc3ccccc3)ccc1C21O[C@@H](O)c2ccccc21. The van der Waals surface area contributed by atoms with E-state index >= 15 is 0 Å². The molecule has 0 aliphatic carbocycles. The summed E-state index contributed by atoms with van der Waals surface area (Å²) in [4.78, 5) is 62.8. The zero-order valence-electron chi connectivity index (χ0n) is 47.2. The highest BCUT2D eigenvalue weighted by atomic mass is 16.6. The summed E-state index contributed by atoms with van der Waals surface area (Å²) in [5.41, 5.74) is 14.5.